The number of rotatable bonds is 6. The maximum absolute atomic E-state index is 12.0. The Kier molecular flexibility index (Phi) is 8.04. The number of nitrogens with zero attached hydrogens (tertiary/aromatic N) is 2. The van der Waals surface area contributed by atoms with Crippen molar-refractivity contribution in [2.24, 2.45) is 16.6 Å². The number of nitrogens with two attached hydrogens (primary N) is 1. The third kappa shape index (κ3) is 6.45. The Morgan fingerprint density at radius 2 is 2.23 bits per heavy atom. The van der Waals surface area contributed by atoms with Gasteiger partial charge in [-0.25, -0.2) is 4.79 Å². The van der Waals surface area contributed by atoms with E-state index in [-0.39, 0.29) is 31.1 Å². The number of carbonyl (C=O) groups excluding carboxylic acids is 2. The maximum atomic E-state index is 12.0. The molecule has 1 aliphatic heterocycles. The summed E-state index contributed by atoms with van der Waals surface area (Å²) in [5.41, 5.74) is 6.68. The number of piperidine rings is 1. The molecule has 2 rings (SSSR count). The summed E-state index contributed by atoms with van der Waals surface area (Å²) in [6.45, 7) is 1.36. The van der Waals surface area contributed by atoms with Crippen molar-refractivity contribution in [2.75, 3.05) is 19.7 Å². The summed E-state index contributed by atoms with van der Waals surface area (Å²) in [5, 5.41) is 11.7. The van der Waals surface area contributed by atoms with E-state index in [1.165, 1.54) is 0 Å². The Morgan fingerprint density at radius 3 is 2.92 bits per heavy atom. The second-order valence-corrected chi connectivity index (χ2v) is 6.38. The SMILES string of the molecule is N[C@H](CO)CC1CCCN(C(=NC=O)NC(=O)OCc2ccccc2)C1. The van der Waals surface area contributed by atoms with E-state index in [9.17, 15) is 9.59 Å². The van der Waals surface area contributed by atoms with Crippen molar-refractivity contribution in [1.29, 1.82) is 0 Å². The minimum Gasteiger partial charge on any atom is -0.444 e. The number of benzene rings is 1. The first kappa shape index (κ1) is 19.9. The van der Waals surface area contributed by atoms with Gasteiger partial charge in [-0.05, 0) is 30.7 Å². The summed E-state index contributed by atoms with van der Waals surface area (Å²) in [5.74, 6) is 0.449. The lowest BCUT2D eigenvalue weighted by Crippen LogP contribution is -2.49. The molecule has 2 amide bonds. The first-order valence-corrected chi connectivity index (χ1v) is 8.73. The lowest BCUT2D eigenvalue weighted by Gasteiger charge is -2.35. The van der Waals surface area contributed by atoms with Crippen molar-refractivity contribution < 1.29 is 19.4 Å². The van der Waals surface area contributed by atoms with Gasteiger partial charge in [-0.15, -0.1) is 0 Å². The van der Waals surface area contributed by atoms with E-state index >= 15 is 0 Å². The molecule has 0 saturated carbocycles. The highest BCUT2D eigenvalue weighted by molar-refractivity contribution is 5.96. The Balaban J connectivity index is 1.89. The average molecular weight is 362 g/mol. The van der Waals surface area contributed by atoms with Crippen LogP contribution in [0, 0.1) is 5.92 Å². The predicted molar refractivity (Wildman–Crippen MR) is 97.2 cm³/mol. The smallest absolute Gasteiger partial charge is 0.414 e. The van der Waals surface area contributed by atoms with Crippen LogP contribution < -0.4 is 11.1 Å². The number of nitrogens with one attached hydrogen (secondary N) is 1. The number of aliphatic imine (C=N–C) groups is 1. The second-order valence-electron chi connectivity index (χ2n) is 6.38. The zero-order chi connectivity index (χ0) is 18.8. The molecule has 1 aliphatic rings. The average Bonchev–Trinajstić information content (AvgIpc) is 2.67. The van der Waals surface area contributed by atoms with Gasteiger partial charge in [0.1, 0.15) is 6.61 Å². The zero-order valence-electron chi connectivity index (χ0n) is 14.7. The van der Waals surface area contributed by atoms with Crippen LogP contribution in [0.15, 0.2) is 35.3 Å². The molecule has 1 fully saturated rings. The molecule has 2 atom stereocenters. The number of alkyl carbamates (subject to hydrolysis) is 1. The minimum atomic E-state index is -0.663. The molecular formula is C18H26N4O4. The van der Waals surface area contributed by atoms with E-state index < -0.39 is 6.09 Å². The molecule has 4 N–H and O–H groups in total. The van der Waals surface area contributed by atoms with E-state index in [1.54, 1.807) is 0 Å². The van der Waals surface area contributed by atoms with E-state index in [0.717, 1.165) is 18.4 Å². The van der Waals surface area contributed by atoms with Gasteiger partial charge in [0.05, 0.1) is 6.61 Å². The first-order valence-electron chi connectivity index (χ1n) is 8.73. The third-order valence-electron chi connectivity index (χ3n) is 4.29. The van der Waals surface area contributed by atoms with Crippen molar-refractivity contribution >= 4 is 18.5 Å². The van der Waals surface area contributed by atoms with Gasteiger partial charge in [-0.3, -0.25) is 10.1 Å². The van der Waals surface area contributed by atoms with Gasteiger partial charge in [0.25, 0.3) is 0 Å². The van der Waals surface area contributed by atoms with Crippen molar-refractivity contribution in [3.63, 3.8) is 0 Å². The Labute approximate surface area is 153 Å². The van der Waals surface area contributed by atoms with E-state index in [2.05, 4.69) is 10.3 Å². The summed E-state index contributed by atoms with van der Waals surface area (Å²) in [4.78, 5) is 28.5. The Bertz CT molecular complexity index is 608. The van der Waals surface area contributed by atoms with Crippen molar-refractivity contribution in [3.05, 3.63) is 35.9 Å². The zero-order valence-corrected chi connectivity index (χ0v) is 14.7. The molecule has 0 aliphatic carbocycles. The molecule has 1 saturated heterocycles. The van der Waals surface area contributed by atoms with Crippen LogP contribution in [0.1, 0.15) is 24.8 Å². The standard InChI is InChI=1S/C18H26N4O4/c19-16(11-23)9-15-7-4-8-22(10-15)17(20-13-24)21-18(25)26-12-14-5-2-1-3-6-14/h1-3,5-6,13,15-16,23H,4,7-12,19H2,(H,20,21,24,25)/t15?,16-/m0/s1. The summed E-state index contributed by atoms with van der Waals surface area (Å²) in [6.07, 6.45) is 2.29. The topological polar surface area (TPSA) is 117 Å². The van der Waals surface area contributed by atoms with Gasteiger partial charge in [0.15, 0.2) is 0 Å². The van der Waals surface area contributed by atoms with Crippen molar-refractivity contribution in [3.8, 4) is 0 Å². The summed E-state index contributed by atoms with van der Waals surface area (Å²) in [7, 11) is 0. The number of ether oxygens (including phenoxy) is 1. The van der Waals surface area contributed by atoms with Gasteiger partial charge in [-0.1, -0.05) is 30.3 Å². The molecule has 1 heterocycles. The molecule has 8 heteroatoms. The molecule has 1 aromatic rings. The van der Waals surface area contributed by atoms with E-state index in [1.807, 2.05) is 35.2 Å². The number of aliphatic hydroxyl groups excluding tert-OH is 1. The van der Waals surface area contributed by atoms with Gasteiger partial charge in [-0.2, -0.15) is 4.99 Å². The molecule has 0 spiro atoms. The van der Waals surface area contributed by atoms with Crippen LogP contribution in [-0.4, -0.2) is 54.2 Å². The summed E-state index contributed by atoms with van der Waals surface area (Å²) in [6, 6.07) is 9.05. The first-order chi connectivity index (χ1) is 12.6. The number of hydrogen-bond donors (Lipinski definition) is 3. The number of carbonyl (C=O) groups is 2. The molecule has 0 bridgehead atoms. The lowest BCUT2D eigenvalue weighted by molar-refractivity contribution is -0.106. The Morgan fingerprint density at radius 1 is 1.46 bits per heavy atom. The van der Waals surface area contributed by atoms with Crippen molar-refractivity contribution in [2.45, 2.75) is 31.9 Å². The van der Waals surface area contributed by atoms with Gasteiger partial charge in [0, 0.05) is 19.1 Å². The lowest BCUT2D eigenvalue weighted by atomic mass is 9.92. The molecule has 0 aromatic heterocycles. The second kappa shape index (κ2) is 10.5. The third-order valence-corrected chi connectivity index (χ3v) is 4.29. The number of likely N-dealkylation sites (tertiary alicyclic amines) is 1. The van der Waals surface area contributed by atoms with Crippen LogP contribution in [0.5, 0.6) is 0 Å². The fourth-order valence-corrected chi connectivity index (χ4v) is 3.05. The van der Waals surface area contributed by atoms with Crippen LogP contribution in [0.25, 0.3) is 0 Å². The van der Waals surface area contributed by atoms with Crippen LogP contribution in [0.2, 0.25) is 0 Å². The van der Waals surface area contributed by atoms with Gasteiger partial charge < -0.3 is 20.5 Å². The fourth-order valence-electron chi connectivity index (χ4n) is 3.05. The monoisotopic (exact) mass is 362 g/mol. The number of amides is 2. The highest BCUT2D eigenvalue weighted by atomic mass is 16.5. The van der Waals surface area contributed by atoms with Crippen LogP contribution in [-0.2, 0) is 16.1 Å². The van der Waals surface area contributed by atoms with Gasteiger partial charge >= 0.3 is 6.09 Å². The summed E-state index contributed by atoms with van der Waals surface area (Å²) >= 11 is 0. The summed E-state index contributed by atoms with van der Waals surface area (Å²) < 4.78 is 5.18. The van der Waals surface area contributed by atoms with Crippen LogP contribution in [0.3, 0.4) is 0 Å². The number of hydrogen-bond acceptors (Lipinski definition) is 5. The quantitative estimate of drug-likeness (QED) is 0.392. The highest BCUT2D eigenvalue weighted by Gasteiger charge is 2.25. The van der Waals surface area contributed by atoms with Crippen molar-refractivity contribution in [1.82, 2.24) is 10.2 Å². The maximum Gasteiger partial charge on any atom is 0.414 e. The van der Waals surface area contributed by atoms with E-state index in [4.69, 9.17) is 15.6 Å². The molecule has 1 aromatic carbocycles. The predicted octanol–water partition coefficient (Wildman–Crippen LogP) is 0.847. The molecule has 142 valence electrons. The largest absolute Gasteiger partial charge is 0.444 e. The Hall–Kier alpha value is -2.45. The minimum absolute atomic E-state index is 0.0597. The normalized spacial score (nSPS) is 18.9. The van der Waals surface area contributed by atoms with E-state index in [0.29, 0.717) is 25.9 Å². The molecule has 8 nitrogen and oxygen atoms in total. The fraction of sp³-hybridized carbons (Fsp3) is 0.500. The van der Waals surface area contributed by atoms with Crippen LogP contribution in [0.4, 0.5) is 4.79 Å². The molecule has 0 radical (unpaired) electrons. The molecular weight excluding hydrogens is 336 g/mol. The number of guanidine groups is 1. The van der Waals surface area contributed by atoms with Gasteiger partial charge in [0.2, 0.25) is 12.4 Å². The molecule has 1 unspecified atom stereocenters. The molecule has 26 heavy (non-hydrogen) atoms. The highest BCUT2D eigenvalue weighted by Crippen LogP contribution is 2.20. The number of aliphatic hydroxyl groups is 1. The van der Waals surface area contributed by atoms with Crippen LogP contribution >= 0.6 is 0 Å².